The Labute approximate surface area is 132 Å². The monoisotopic (exact) mass is 346 g/mol. The van der Waals surface area contributed by atoms with Crippen LogP contribution in [0.3, 0.4) is 0 Å². The second kappa shape index (κ2) is 7.00. The fraction of sp³-hybridized carbons (Fsp3) is 0.188. The maximum atomic E-state index is 8.86. The molecule has 0 heterocycles. The predicted molar refractivity (Wildman–Crippen MR) is 85.7 cm³/mol. The lowest BCUT2D eigenvalue weighted by atomic mass is 10.1. The van der Waals surface area contributed by atoms with Crippen LogP contribution in [0.4, 0.5) is 5.69 Å². The number of hydrogen-bond acceptors (Lipinski definition) is 4. The Bertz CT molecular complexity index is 680. The summed E-state index contributed by atoms with van der Waals surface area (Å²) >= 11 is 3.46. The topological polar surface area (TPSA) is 54.3 Å². The molecule has 0 aliphatic carbocycles. The van der Waals surface area contributed by atoms with E-state index in [4.69, 9.17) is 14.7 Å². The number of nitrogens with one attached hydrogen (secondary N) is 1. The highest BCUT2D eigenvalue weighted by Gasteiger charge is 2.06. The average Bonchev–Trinajstić information content (AvgIpc) is 2.53. The molecule has 4 nitrogen and oxygen atoms in total. The van der Waals surface area contributed by atoms with E-state index in [0.717, 1.165) is 27.2 Å². The van der Waals surface area contributed by atoms with Gasteiger partial charge in [-0.2, -0.15) is 5.26 Å². The summed E-state index contributed by atoms with van der Waals surface area (Å²) < 4.78 is 11.4. The van der Waals surface area contributed by atoms with Crippen molar-refractivity contribution < 1.29 is 9.47 Å². The van der Waals surface area contributed by atoms with Gasteiger partial charge < -0.3 is 14.8 Å². The third kappa shape index (κ3) is 3.67. The molecule has 108 valence electrons. The molecule has 0 radical (unpaired) electrons. The molecule has 0 saturated carbocycles. The van der Waals surface area contributed by atoms with Crippen molar-refractivity contribution in [3.05, 3.63) is 52.0 Å². The van der Waals surface area contributed by atoms with E-state index in [1.807, 2.05) is 24.3 Å². The largest absolute Gasteiger partial charge is 0.497 e. The van der Waals surface area contributed by atoms with Crippen LogP contribution in [0.15, 0.2) is 40.9 Å². The number of nitriles is 1. The first-order chi connectivity index (χ1) is 10.2. The molecule has 21 heavy (non-hydrogen) atoms. The van der Waals surface area contributed by atoms with Crippen molar-refractivity contribution in [3.63, 3.8) is 0 Å². The van der Waals surface area contributed by atoms with Gasteiger partial charge in [0.25, 0.3) is 0 Å². The summed E-state index contributed by atoms with van der Waals surface area (Å²) in [7, 11) is 3.26. The van der Waals surface area contributed by atoms with E-state index in [1.165, 1.54) is 0 Å². The molecule has 0 bridgehead atoms. The third-order valence-electron chi connectivity index (χ3n) is 3.06. The van der Waals surface area contributed by atoms with Crippen molar-refractivity contribution in [1.82, 2.24) is 0 Å². The van der Waals surface area contributed by atoms with Crippen LogP contribution in [0.25, 0.3) is 0 Å². The zero-order chi connectivity index (χ0) is 15.2. The van der Waals surface area contributed by atoms with Crippen molar-refractivity contribution in [1.29, 1.82) is 5.26 Å². The third-order valence-corrected chi connectivity index (χ3v) is 3.72. The lowest BCUT2D eigenvalue weighted by Gasteiger charge is -2.13. The molecule has 2 aromatic carbocycles. The number of nitrogens with zero attached hydrogens (tertiary/aromatic N) is 1. The highest BCUT2D eigenvalue weighted by Crippen LogP contribution is 2.27. The molecule has 5 heteroatoms. The van der Waals surface area contributed by atoms with Gasteiger partial charge in [-0.15, -0.1) is 0 Å². The summed E-state index contributed by atoms with van der Waals surface area (Å²) in [6, 6.07) is 13.3. The van der Waals surface area contributed by atoms with Crippen LogP contribution in [0.2, 0.25) is 0 Å². The first kappa shape index (κ1) is 15.2. The van der Waals surface area contributed by atoms with Gasteiger partial charge in [-0.1, -0.05) is 0 Å². The summed E-state index contributed by atoms with van der Waals surface area (Å²) in [6.45, 7) is 0.609. The molecular weight excluding hydrogens is 332 g/mol. The number of ether oxygens (including phenoxy) is 2. The summed E-state index contributed by atoms with van der Waals surface area (Å²) in [5.74, 6) is 1.53. The Kier molecular flexibility index (Phi) is 5.07. The Balaban J connectivity index is 2.15. The van der Waals surface area contributed by atoms with Crippen molar-refractivity contribution in [2.75, 3.05) is 19.5 Å². The van der Waals surface area contributed by atoms with Gasteiger partial charge in [0.1, 0.15) is 11.5 Å². The van der Waals surface area contributed by atoms with Crippen LogP contribution in [0.5, 0.6) is 11.5 Å². The number of benzene rings is 2. The minimum absolute atomic E-state index is 0.609. The molecule has 0 aliphatic heterocycles. The van der Waals surface area contributed by atoms with Gasteiger partial charge in [-0.3, -0.25) is 0 Å². The first-order valence-electron chi connectivity index (χ1n) is 6.32. The summed E-state index contributed by atoms with van der Waals surface area (Å²) in [5.41, 5.74) is 2.57. The van der Waals surface area contributed by atoms with E-state index in [0.29, 0.717) is 12.1 Å². The van der Waals surface area contributed by atoms with Crippen molar-refractivity contribution in [2.24, 2.45) is 0 Å². The van der Waals surface area contributed by atoms with Crippen molar-refractivity contribution >= 4 is 21.6 Å². The quantitative estimate of drug-likeness (QED) is 0.890. The zero-order valence-corrected chi connectivity index (χ0v) is 13.4. The Morgan fingerprint density at radius 2 is 1.95 bits per heavy atom. The molecule has 0 aliphatic rings. The minimum atomic E-state index is 0.609. The number of hydrogen-bond donors (Lipinski definition) is 1. The SMILES string of the molecule is COc1ccc(CNc2ccc(C#N)cc2Br)c(OC)c1. The van der Waals surface area contributed by atoms with Gasteiger partial charge in [0.2, 0.25) is 0 Å². The zero-order valence-electron chi connectivity index (χ0n) is 11.8. The number of methoxy groups -OCH3 is 2. The molecule has 0 aromatic heterocycles. The fourth-order valence-corrected chi connectivity index (χ4v) is 2.44. The maximum absolute atomic E-state index is 8.86. The Morgan fingerprint density at radius 3 is 2.57 bits per heavy atom. The molecular formula is C16H15BrN2O2. The van der Waals surface area contributed by atoms with Crippen LogP contribution >= 0.6 is 15.9 Å². The van der Waals surface area contributed by atoms with Gasteiger partial charge in [-0.05, 0) is 46.3 Å². The molecule has 2 rings (SSSR count). The first-order valence-corrected chi connectivity index (χ1v) is 7.11. The lowest BCUT2D eigenvalue weighted by Crippen LogP contribution is -2.02. The fourth-order valence-electron chi connectivity index (χ4n) is 1.92. The van der Waals surface area contributed by atoms with Crippen molar-refractivity contribution in [2.45, 2.75) is 6.54 Å². The number of halogens is 1. The predicted octanol–water partition coefficient (Wildman–Crippen LogP) is 3.95. The van der Waals surface area contributed by atoms with Gasteiger partial charge in [-0.25, -0.2) is 0 Å². The van der Waals surface area contributed by atoms with Crippen LogP contribution in [0, 0.1) is 11.3 Å². The molecule has 0 spiro atoms. The summed E-state index contributed by atoms with van der Waals surface area (Å²) in [4.78, 5) is 0. The highest BCUT2D eigenvalue weighted by molar-refractivity contribution is 9.10. The molecule has 0 atom stereocenters. The molecule has 0 saturated heterocycles. The van der Waals surface area contributed by atoms with Gasteiger partial charge >= 0.3 is 0 Å². The average molecular weight is 347 g/mol. The second-order valence-electron chi connectivity index (χ2n) is 4.34. The Morgan fingerprint density at radius 1 is 1.14 bits per heavy atom. The smallest absolute Gasteiger partial charge is 0.127 e. The molecule has 0 unspecified atom stereocenters. The van der Waals surface area contributed by atoms with Crippen LogP contribution in [-0.2, 0) is 6.54 Å². The Hall–Kier alpha value is -2.19. The van der Waals surface area contributed by atoms with E-state index in [-0.39, 0.29) is 0 Å². The van der Waals surface area contributed by atoms with Crippen LogP contribution < -0.4 is 14.8 Å². The summed E-state index contributed by atoms with van der Waals surface area (Å²) in [6.07, 6.45) is 0. The highest BCUT2D eigenvalue weighted by atomic mass is 79.9. The lowest BCUT2D eigenvalue weighted by molar-refractivity contribution is 0.391. The standard InChI is InChI=1S/C16H15BrN2O2/c1-20-13-5-4-12(16(8-13)21-2)10-19-15-6-3-11(9-18)7-14(15)17/h3-8,19H,10H2,1-2H3. The van der Waals surface area contributed by atoms with Crippen LogP contribution in [0.1, 0.15) is 11.1 Å². The molecule has 0 fully saturated rings. The van der Waals surface area contributed by atoms with Crippen LogP contribution in [-0.4, -0.2) is 14.2 Å². The maximum Gasteiger partial charge on any atom is 0.127 e. The van der Waals surface area contributed by atoms with E-state index in [1.54, 1.807) is 26.4 Å². The van der Waals surface area contributed by atoms with Crippen molar-refractivity contribution in [3.8, 4) is 17.6 Å². The van der Waals surface area contributed by atoms with Gasteiger partial charge in [0.15, 0.2) is 0 Å². The van der Waals surface area contributed by atoms with Gasteiger partial charge in [0.05, 0.1) is 25.9 Å². The van der Waals surface area contributed by atoms with E-state index in [9.17, 15) is 0 Å². The van der Waals surface area contributed by atoms with Gasteiger partial charge in [0, 0.05) is 28.3 Å². The van der Waals surface area contributed by atoms with E-state index < -0.39 is 0 Å². The number of rotatable bonds is 5. The molecule has 0 amide bonds. The molecule has 2 aromatic rings. The number of anilines is 1. The normalized spacial score (nSPS) is 9.81. The van der Waals surface area contributed by atoms with E-state index >= 15 is 0 Å². The summed E-state index contributed by atoms with van der Waals surface area (Å²) in [5, 5.41) is 12.2. The van der Waals surface area contributed by atoms with E-state index in [2.05, 4.69) is 27.3 Å². The molecule has 1 N–H and O–H groups in total. The minimum Gasteiger partial charge on any atom is -0.497 e. The second-order valence-corrected chi connectivity index (χ2v) is 5.19.